The van der Waals surface area contributed by atoms with E-state index < -0.39 is 5.97 Å². The van der Waals surface area contributed by atoms with Crippen LogP contribution in [0, 0.1) is 6.92 Å². The highest BCUT2D eigenvalue weighted by molar-refractivity contribution is 14.1. The van der Waals surface area contributed by atoms with Crippen LogP contribution >= 0.6 is 22.9 Å². The van der Waals surface area contributed by atoms with Gasteiger partial charge in [-0.1, -0.05) is 49.4 Å². The van der Waals surface area contributed by atoms with E-state index in [0.29, 0.717) is 13.0 Å². The lowest BCUT2D eigenvalue weighted by Gasteiger charge is -2.19. The Bertz CT molecular complexity index is 1160. The molecule has 0 saturated carbocycles. The molecule has 0 saturated heterocycles. The van der Waals surface area contributed by atoms with Crippen molar-refractivity contribution in [3.05, 3.63) is 94.5 Å². The Labute approximate surface area is 221 Å². The minimum atomic E-state index is -0.785. The van der Waals surface area contributed by atoms with Crippen molar-refractivity contribution in [2.45, 2.75) is 52.6 Å². The Hall–Kier alpha value is -2.87. The van der Waals surface area contributed by atoms with Gasteiger partial charge in [-0.25, -0.2) is 3.21 Å². The number of aliphatic carboxylic acids is 1. The fourth-order valence-electron chi connectivity index (χ4n) is 3.83. The molecule has 35 heavy (non-hydrogen) atoms. The lowest BCUT2D eigenvalue weighted by Crippen LogP contribution is -2.18. The maximum atomic E-state index is 10.8. The second kappa shape index (κ2) is 13.3. The van der Waals surface area contributed by atoms with Crippen LogP contribution < -0.4 is 9.47 Å². The standard InChI is InChI=1S/C29H32INO4/c1-4-22-10-14-27(26(19-22)29(31-30)24-8-6-5-7-9-24)35-21(3)16-17-34-25-13-11-23(20(2)18-25)12-15-28(32)33/h5-11,13-14,18-19,21H,4,12,15-17H2,1-3H3,(H,32,33)/t21-/m1/s1. The molecule has 5 nitrogen and oxygen atoms in total. The topological polar surface area (TPSA) is 68.1 Å². The van der Waals surface area contributed by atoms with Crippen LogP contribution in [0.15, 0.2) is 69.9 Å². The second-order valence-electron chi connectivity index (χ2n) is 8.53. The molecule has 0 aliphatic carbocycles. The van der Waals surface area contributed by atoms with Crippen LogP contribution in [-0.4, -0.2) is 29.5 Å². The number of hydrogen-bond donors (Lipinski definition) is 1. The van der Waals surface area contributed by atoms with Crippen LogP contribution in [-0.2, 0) is 17.6 Å². The Morgan fingerprint density at radius 1 is 1.09 bits per heavy atom. The van der Waals surface area contributed by atoms with Gasteiger partial charge in [0.05, 0.1) is 41.3 Å². The van der Waals surface area contributed by atoms with Crippen LogP contribution in [0.4, 0.5) is 0 Å². The maximum absolute atomic E-state index is 10.8. The Kier molecular flexibility index (Phi) is 10.1. The Morgan fingerprint density at radius 2 is 1.86 bits per heavy atom. The first kappa shape index (κ1) is 26.7. The van der Waals surface area contributed by atoms with E-state index in [-0.39, 0.29) is 12.5 Å². The van der Waals surface area contributed by atoms with Crippen molar-refractivity contribution >= 4 is 34.5 Å². The SMILES string of the molecule is CCc1ccc(O[C@H](C)CCOc2ccc(CCC(=O)O)c(C)c2)c(C(=NI)c2ccccc2)c1. The van der Waals surface area contributed by atoms with E-state index in [1.165, 1.54) is 5.56 Å². The smallest absolute Gasteiger partial charge is 0.303 e. The molecule has 6 heteroatoms. The second-order valence-corrected chi connectivity index (χ2v) is 9.01. The molecular formula is C29H32INO4. The third kappa shape index (κ3) is 7.82. The summed E-state index contributed by atoms with van der Waals surface area (Å²) in [5.74, 6) is 0.810. The molecule has 0 spiro atoms. The number of nitrogens with zero attached hydrogens (tertiary/aromatic N) is 1. The molecule has 0 aliphatic heterocycles. The van der Waals surface area contributed by atoms with Gasteiger partial charge < -0.3 is 14.6 Å². The van der Waals surface area contributed by atoms with Gasteiger partial charge in [0.2, 0.25) is 0 Å². The van der Waals surface area contributed by atoms with Gasteiger partial charge in [0, 0.05) is 24.0 Å². The van der Waals surface area contributed by atoms with E-state index in [4.69, 9.17) is 14.6 Å². The molecule has 1 atom stereocenters. The number of carboxylic acids is 1. The van der Waals surface area contributed by atoms with E-state index in [1.807, 2.05) is 56.3 Å². The highest BCUT2D eigenvalue weighted by Crippen LogP contribution is 2.27. The summed E-state index contributed by atoms with van der Waals surface area (Å²) in [6.07, 6.45) is 2.26. The quantitative estimate of drug-likeness (QED) is 0.184. The first-order valence-corrected chi connectivity index (χ1v) is 12.9. The molecule has 0 fully saturated rings. The predicted molar refractivity (Wildman–Crippen MR) is 149 cm³/mol. The predicted octanol–water partition coefficient (Wildman–Crippen LogP) is 7.00. The number of carbonyl (C=O) groups is 1. The van der Waals surface area contributed by atoms with Gasteiger partial charge in [-0.05, 0) is 67.6 Å². The van der Waals surface area contributed by atoms with Crippen LogP contribution in [0.1, 0.15) is 54.5 Å². The third-order valence-electron chi connectivity index (χ3n) is 5.88. The zero-order valence-corrected chi connectivity index (χ0v) is 22.6. The van der Waals surface area contributed by atoms with Gasteiger partial charge >= 0.3 is 5.97 Å². The van der Waals surface area contributed by atoms with Crippen molar-refractivity contribution in [2.24, 2.45) is 3.21 Å². The first-order valence-electron chi connectivity index (χ1n) is 11.9. The van der Waals surface area contributed by atoms with Crippen LogP contribution in [0.5, 0.6) is 11.5 Å². The molecular weight excluding hydrogens is 553 g/mol. The van der Waals surface area contributed by atoms with Crippen molar-refractivity contribution in [2.75, 3.05) is 6.61 Å². The zero-order valence-electron chi connectivity index (χ0n) is 20.5. The summed E-state index contributed by atoms with van der Waals surface area (Å²) in [6.45, 7) is 6.69. The summed E-state index contributed by atoms with van der Waals surface area (Å²) in [5, 5.41) is 8.90. The number of halogens is 1. The summed E-state index contributed by atoms with van der Waals surface area (Å²) in [5.41, 5.74) is 6.26. The highest BCUT2D eigenvalue weighted by atomic mass is 127. The summed E-state index contributed by atoms with van der Waals surface area (Å²) in [7, 11) is 0. The third-order valence-corrected chi connectivity index (χ3v) is 6.37. The maximum Gasteiger partial charge on any atom is 0.303 e. The molecule has 0 heterocycles. The molecule has 184 valence electrons. The average molecular weight is 585 g/mol. The van der Waals surface area contributed by atoms with E-state index in [9.17, 15) is 4.79 Å². The largest absolute Gasteiger partial charge is 0.493 e. The number of hydrogen-bond acceptors (Lipinski definition) is 4. The molecule has 3 rings (SSSR count). The van der Waals surface area contributed by atoms with Gasteiger partial charge in [0.15, 0.2) is 0 Å². The molecule has 0 amide bonds. The molecule has 0 bridgehead atoms. The van der Waals surface area contributed by atoms with Crippen molar-refractivity contribution in [1.29, 1.82) is 0 Å². The minimum absolute atomic E-state index is 0.0524. The molecule has 0 unspecified atom stereocenters. The number of aryl methyl sites for hydroxylation is 3. The Balaban J connectivity index is 1.64. The van der Waals surface area contributed by atoms with Gasteiger partial charge in [-0.2, -0.15) is 0 Å². The fraction of sp³-hybridized carbons (Fsp3) is 0.310. The van der Waals surface area contributed by atoms with E-state index in [0.717, 1.165) is 52.3 Å². The van der Waals surface area contributed by atoms with E-state index in [2.05, 4.69) is 57.3 Å². The molecule has 0 radical (unpaired) electrons. The molecule has 0 aliphatic rings. The summed E-state index contributed by atoms with van der Waals surface area (Å²) < 4.78 is 16.9. The van der Waals surface area contributed by atoms with Gasteiger partial charge in [-0.3, -0.25) is 4.79 Å². The van der Waals surface area contributed by atoms with E-state index in [1.54, 1.807) is 0 Å². The molecule has 3 aromatic carbocycles. The summed E-state index contributed by atoms with van der Waals surface area (Å²) >= 11 is 2.06. The van der Waals surface area contributed by atoms with Crippen molar-refractivity contribution in [1.82, 2.24) is 0 Å². The average Bonchev–Trinajstić information content (AvgIpc) is 2.85. The van der Waals surface area contributed by atoms with Crippen LogP contribution in [0.25, 0.3) is 0 Å². The monoisotopic (exact) mass is 585 g/mol. The molecule has 0 aromatic heterocycles. The fourth-order valence-corrected chi connectivity index (χ4v) is 4.37. The van der Waals surface area contributed by atoms with Crippen LogP contribution in [0.3, 0.4) is 0 Å². The minimum Gasteiger partial charge on any atom is -0.493 e. The lowest BCUT2D eigenvalue weighted by atomic mass is 9.98. The van der Waals surface area contributed by atoms with Gasteiger partial charge in [0.25, 0.3) is 0 Å². The van der Waals surface area contributed by atoms with Gasteiger partial charge in [-0.15, -0.1) is 0 Å². The number of rotatable bonds is 12. The normalized spacial score (nSPS) is 12.3. The van der Waals surface area contributed by atoms with Crippen molar-refractivity contribution in [3.63, 3.8) is 0 Å². The first-order chi connectivity index (χ1) is 16.9. The number of ether oxygens (including phenoxy) is 2. The zero-order chi connectivity index (χ0) is 25.2. The lowest BCUT2D eigenvalue weighted by molar-refractivity contribution is -0.136. The molecule has 3 aromatic rings. The van der Waals surface area contributed by atoms with Gasteiger partial charge in [0.1, 0.15) is 11.5 Å². The van der Waals surface area contributed by atoms with Crippen molar-refractivity contribution < 1.29 is 19.4 Å². The molecule has 1 N–H and O–H groups in total. The highest BCUT2D eigenvalue weighted by Gasteiger charge is 2.16. The number of benzene rings is 3. The van der Waals surface area contributed by atoms with Crippen LogP contribution in [0.2, 0.25) is 0 Å². The summed E-state index contributed by atoms with van der Waals surface area (Å²) in [6, 6.07) is 22.3. The van der Waals surface area contributed by atoms with Crippen molar-refractivity contribution in [3.8, 4) is 11.5 Å². The summed E-state index contributed by atoms with van der Waals surface area (Å²) in [4.78, 5) is 10.8. The Morgan fingerprint density at radius 3 is 2.51 bits per heavy atom. The van der Waals surface area contributed by atoms with E-state index >= 15 is 0 Å². The number of carboxylic acid groups (broad SMARTS) is 1.